The van der Waals surface area contributed by atoms with E-state index in [0.717, 1.165) is 10.9 Å². The minimum absolute atomic E-state index is 0.147. The first kappa shape index (κ1) is 20.2. The number of aryl methyl sites for hydroxylation is 1. The Balaban J connectivity index is 1.60. The molecule has 6 nitrogen and oxygen atoms in total. The number of methoxy groups -OCH3 is 1. The summed E-state index contributed by atoms with van der Waals surface area (Å²) in [5.41, 5.74) is 2.06. The SMILES string of the molecule is COc1cc(/C=C2\SC(=S)N(C)C2=O)ccc1OC(=O)c1oc2ccccc2c1C. The number of likely N-dealkylation sites (N-methyl/N-ethyl adjacent to an activating group) is 1. The van der Waals surface area contributed by atoms with Gasteiger partial charge in [-0.2, -0.15) is 0 Å². The molecule has 1 aromatic heterocycles. The van der Waals surface area contributed by atoms with Crippen LogP contribution in [-0.2, 0) is 4.79 Å². The molecule has 0 atom stereocenters. The van der Waals surface area contributed by atoms with E-state index < -0.39 is 5.97 Å². The molecule has 152 valence electrons. The van der Waals surface area contributed by atoms with Gasteiger partial charge >= 0.3 is 5.97 Å². The number of amides is 1. The summed E-state index contributed by atoms with van der Waals surface area (Å²) in [5, 5.41) is 0.861. The molecule has 0 bridgehead atoms. The third-order valence-corrected chi connectivity index (χ3v) is 6.19. The molecule has 1 fully saturated rings. The lowest BCUT2D eigenvalue weighted by atomic mass is 10.1. The number of thioether (sulfide) groups is 1. The summed E-state index contributed by atoms with van der Waals surface area (Å²) in [7, 11) is 3.12. The summed E-state index contributed by atoms with van der Waals surface area (Å²) in [4.78, 5) is 26.8. The Bertz CT molecular complexity index is 1230. The number of hydrogen-bond acceptors (Lipinski definition) is 7. The summed E-state index contributed by atoms with van der Waals surface area (Å²) in [6, 6.07) is 12.5. The van der Waals surface area contributed by atoms with Crippen LogP contribution in [0.3, 0.4) is 0 Å². The summed E-state index contributed by atoms with van der Waals surface area (Å²) >= 11 is 6.38. The van der Waals surface area contributed by atoms with Crippen molar-refractivity contribution < 1.29 is 23.5 Å². The maximum atomic E-state index is 12.7. The second-order valence-electron chi connectivity index (χ2n) is 6.59. The molecular weight excluding hydrogens is 422 g/mol. The van der Waals surface area contributed by atoms with Crippen molar-refractivity contribution in [1.82, 2.24) is 4.90 Å². The molecule has 1 aliphatic rings. The number of esters is 1. The molecule has 1 amide bonds. The van der Waals surface area contributed by atoms with E-state index in [2.05, 4.69) is 0 Å². The van der Waals surface area contributed by atoms with Crippen molar-refractivity contribution in [1.29, 1.82) is 0 Å². The number of nitrogens with zero attached hydrogens (tertiary/aromatic N) is 1. The van der Waals surface area contributed by atoms with E-state index in [1.165, 1.54) is 23.8 Å². The first-order chi connectivity index (χ1) is 14.4. The van der Waals surface area contributed by atoms with Gasteiger partial charge in [0, 0.05) is 18.0 Å². The molecule has 0 spiro atoms. The molecule has 8 heteroatoms. The summed E-state index contributed by atoms with van der Waals surface area (Å²) in [5.74, 6) is -0.00391. The molecular formula is C22H17NO5S2. The highest BCUT2D eigenvalue weighted by Gasteiger charge is 2.28. The zero-order valence-electron chi connectivity index (χ0n) is 16.4. The molecule has 30 heavy (non-hydrogen) atoms. The van der Waals surface area contributed by atoms with Gasteiger partial charge in [0.05, 0.1) is 12.0 Å². The van der Waals surface area contributed by atoms with Crippen molar-refractivity contribution >= 4 is 57.2 Å². The van der Waals surface area contributed by atoms with E-state index in [4.69, 9.17) is 26.1 Å². The largest absolute Gasteiger partial charge is 0.493 e. The Morgan fingerprint density at radius 1 is 1.20 bits per heavy atom. The maximum Gasteiger partial charge on any atom is 0.380 e. The number of furan rings is 1. The molecule has 0 unspecified atom stereocenters. The third-order valence-electron chi connectivity index (χ3n) is 4.70. The number of hydrogen-bond donors (Lipinski definition) is 0. The zero-order chi connectivity index (χ0) is 21.4. The van der Waals surface area contributed by atoms with Gasteiger partial charge in [-0.25, -0.2) is 4.79 Å². The lowest BCUT2D eigenvalue weighted by molar-refractivity contribution is -0.121. The minimum atomic E-state index is -0.610. The van der Waals surface area contributed by atoms with E-state index in [9.17, 15) is 9.59 Å². The van der Waals surface area contributed by atoms with Crippen LogP contribution >= 0.6 is 24.0 Å². The number of thiocarbonyl (C=S) groups is 1. The molecule has 2 aromatic carbocycles. The highest BCUT2D eigenvalue weighted by Crippen LogP contribution is 2.35. The van der Waals surface area contributed by atoms with Gasteiger partial charge in [-0.15, -0.1) is 0 Å². The monoisotopic (exact) mass is 439 g/mol. The third kappa shape index (κ3) is 3.59. The first-order valence-corrected chi connectivity index (χ1v) is 10.2. The molecule has 0 N–H and O–H groups in total. The molecule has 3 aromatic rings. The molecule has 0 saturated carbocycles. The number of fused-ring (bicyclic) bond motifs is 1. The number of benzene rings is 2. The molecule has 0 radical (unpaired) electrons. The smallest absolute Gasteiger partial charge is 0.380 e. The Kier molecular flexibility index (Phi) is 5.36. The molecule has 1 saturated heterocycles. The van der Waals surface area contributed by atoms with Gasteiger partial charge in [0.1, 0.15) is 9.90 Å². The van der Waals surface area contributed by atoms with Crippen LogP contribution in [-0.4, -0.2) is 35.3 Å². The predicted molar refractivity (Wildman–Crippen MR) is 120 cm³/mol. The quantitative estimate of drug-likeness (QED) is 0.250. The van der Waals surface area contributed by atoms with Crippen LogP contribution in [0.15, 0.2) is 51.8 Å². The average molecular weight is 440 g/mol. The van der Waals surface area contributed by atoms with Crippen LogP contribution in [0.4, 0.5) is 0 Å². The van der Waals surface area contributed by atoms with Crippen molar-refractivity contribution in [3.63, 3.8) is 0 Å². The first-order valence-electron chi connectivity index (χ1n) is 8.99. The standard InChI is InChI=1S/C22H17NO5S2/c1-12-14-6-4-5-7-15(14)27-19(12)21(25)28-16-9-8-13(10-17(16)26-3)11-18-20(24)23(2)22(29)30-18/h4-11H,1-3H3/b18-11-. The van der Waals surface area contributed by atoms with E-state index in [-0.39, 0.29) is 17.4 Å². The van der Waals surface area contributed by atoms with Gasteiger partial charge in [-0.05, 0) is 36.8 Å². The number of rotatable bonds is 4. The minimum Gasteiger partial charge on any atom is -0.493 e. The Labute approximate surface area is 182 Å². The number of para-hydroxylation sites is 1. The van der Waals surface area contributed by atoms with Gasteiger partial charge in [-0.1, -0.05) is 48.2 Å². The number of carbonyl (C=O) groups excluding carboxylic acids is 2. The van der Waals surface area contributed by atoms with E-state index >= 15 is 0 Å². The van der Waals surface area contributed by atoms with Gasteiger partial charge in [-0.3, -0.25) is 9.69 Å². The zero-order valence-corrected chi connectivity index (χ0v) is 18.1. The lowest BCUT2D eigenvalue weighted by Crippen LogP contribution is -2.22. The van der Waals surface area contributed by atoms with Crippen molar-refractivity contribution in [3.8, 4) is 11.5 Å². The summed E-state index contributed by atoms with van der Waals surface area (Å²) in [6.07, 6.45) is 1.72. The van der Waals surface area contributed by atoms with E-state index in [1.54, 1.807) is 37.4 Å². The molecule has 4 rings (SSSR count). The molecule has 0 aliphatic carbocycles. The maximum absolute atomic E-state index is 12.7. The van der Waals surface area contributed by atoms with Crippen LogP contribution in [0, 0.1) is 6.92 Å². The van der Waals surface area contributed by atoms with Crippen molar-refractivity contribution in [3.05, 3.63) is 64.3 Å². The van der Waals surface area contributed by atoms with E-state index in [0.29, 0.717) is 26.1 Å². The van der Waals surface area contributed by atoms with Crippen LogP contribution in [0.1, 0.15) is 21.7 Å². The van der Waals surface area contributed by atoms with Gasteiger partial charge < -0.3 is 13.9 Å². The number of carbonyl (C=O) groups is 2. The molecule has 1 aliphatic heterocycles. The highest BCUT2D eigenvalue weighted by molar-refractivity contribution is 8.26. The van der Waals surface area contributed by atoms with Gasteiger partial charge in [0.25, 0.3) is 5.91 Å². The van der Waals surface area contributed by atoms with Crippen LogP contribution in [0.2, 0.25) is 0 Å². The normalized spacial score (nSPS) is 15.3. The van der Waals surface area contributed by atoms with Gasteiger partial charge in [0.2, 0.25) is 5.76 Å². The number of ether oxygens (including phenoxy) is 2. The average Bonchev–Trinajstić information content (AvgIpc) is 3.21. The van der Waals surface area contributed by atoms with E-state index in [1.807, 2.05) is 25.1 Å². The second-order valence-corrected chi connectivity index (χ2v) is 8.27. The van der Waals surface area contributed by atoms with Crippen molar-refractivity contribution in [2.75, 3.05) is 14.2 Å². The summed E-state index contributed by atoms with van der Waals surface area (Å²) < 4.78 is 17.1. The fourth-order valence-electron chi connectivity index (χ4n) is 3.07. The Hall–Kier alpha value is -3.10. The van der Waals surface area contributed by atoms with Crippen LogP contribution < -0.4 is 9.47 Å². The van der Waals surface area contributed by atoms with Crippen molar-refractivity contribution in [2.24, 2.45) is 0 Å². The van der Waals surface area contributed by atoms with Gasteiger partial charge in [0.15, 0.2) is 11.5 Å². The second kappa shape index (κ2) is 7.97. The Morgan fingerprint density at radius 2 is 1.97 bits per heavy atom. The predicted octanol–water partition coefficient (Wildman–Crippen LogP) is 4.80. The summed E-state index contributed by atoms with van der Waals surface area (Å²) in [6.45, 7) is 1.81. The Morgan fingerprint density at radius 3 is 2.63 bits per heavy atom. The van der Waals surface area contributed by atoms with Crippen LogP contribution in [0.25, 0.3) is 17.0 Å². The van der Waals surface area contributed by atoms with Crippen molar-refractivity contribution in [2.45, 2.75) is 6.92 Å². The van der Waals surface area contributed by atoms with Crippen LogP contribution in [0.5, 0.6) is 11.5 Å². The lowest BCUT2D eigenvalue weighted by Gasteiger charge is -2.09. The fraction of sp³-hybridized carbons (Fsp3) is 0.136. The topological polar surface area (TPSA) is 69.0 Å². The molecule has 2 heterocycles. The highest BCUT2D eigenvalue weighted by atomic mass is 32.2. The fourth-order valence-corrected chi connectivity index (χ4v) is 4.25.